The van der Waals surface area contributed by atoms with Gasteiger partial charge in [-0.1, -0.05) is 28.9 Å². The maximum atomic E-state index is 14.2. The topological polar surface area (TPSA) is 52.0 Å². The van der Waals surface area contributed by atoms with E-state index in [1.54, 1.807) is 23.5 Å². The van der Waals surface area contributed by atoms with Crippen molar-refractivity contribution in [2.45, 2.75) is 0 Å². The minimum Gasteiger partial charge on any atom is -0.380 e. The van der Waals surface area contributed by atoms with Gasteiger partial charge in [0.1, 0.15) is 5.82 Å². The molecule has 20 heavy (non-hydrogen) atoms. The molecular weight excluding hydrogens is 414 g/mol. The van der Waals surface area contributed by atoms with Crippen LogP contribution >= 0.6 is 45.5 Å². The summed E-state index contributed by atoms with van der Waals surface area (Å²) >= 11 is 9.58. The molecular formula is C13H7ClFIN2OS. The first-order chi connectivity index (χ1) is 9.58. The first-order valence-corrected chi connectivity index (χ1v) is 7.85. The van der Waals surface area contributed by atoms with Gasteiger partial charge in [-0.2, -0.15) is 0 Å². The zero-order valence-corrected chi connectivity index (χ0v) is 13.6. The minimum absolute atomic E-state index is 0.0361. The first-order valence-electron chi connectivity index (χ1n) is 5.52. The lowest BCUT2D eigenvalue weighted by molar-refractivity contribution is 0.436. The van der Waals surface area contributed by atoms with Crippen molar-refractivity contribution in [3.63, 3.8) is 0 Å². The predicted octanol–water partition coefficient (Wildman–Crippen LogP) is 5.05. The van der Waals surface area contributed by atoms with Crippen molar-refractivity contribution in [3.05, 3.63) is 43.4 Å². The Morgan fingerprint density at radius 3 is 2.90 bits per heavy atom. The Balaban J connectivity index is 2.24. The highest BCUT2D eigenvalue weighted by atomic mass is 127. The summed E-state index contributed by atoms with van der Waals surface area (Å²) in [4.78, 5) is 0. The van der Waals surface area contributed by atoms with Crippen molar-refractivity contribution in [1.82, 2.24) is 5.16 Å². The molecule has 1 aromatic carbocycles. The number of anilines is 1. The van der Waals surface area contributed by atoms with Crippen LogP contribution in [-0.4, -0.2) is 5.16 Å². The van der Waals surface area contributed by atoms with Crippen LogP contribution in [0.2, 0.25) is 5.02 Å². The average molecular weight is 421 g/mol. The first kappa shape index (κ1) is 13.8. The molecule has 0 radical (unpaired) electrons. The van der Waals surface area contributed by atoms with Crippen molar-refractivity contribution in [2.75, 3.05) is 5.73 Å². The van der Waals surface area contributed by atoms with Crippen molar-refractivity contribution in [1.29, 1.82) is 0 Å². The highest BCUT2D eigenvalue weighted by Crippen LogP contribution is 2.40. The fraction of sp³-hybridized carbons (Fsp3) is 0. The van der Waals surface area contributed by atoms with E-state index in [2.05, 4.69) is 27.7 Å². The molecule has 0 aliphatic heterocycles. The van der Waals surface area contributed by atoms with E-state index in [9.17, 15) is 4.39 Å². The number of halogens is 3. The number of nitrogens with zero attached hydrogens (tertiary/aromatic N) is 1. The van der Waals surface area contributed by atoms with E-state index < -0.39 is 5.82 Å². The van der Waals surface area contributed by atoms with Crippen molar-refractivity contribution in [3.8, 4) is 22.5 Å². The van der Waals surface area contributed by atoms with E-state index in [0.29, 0.717) is 11.3 Å². The minimum atomic E-state index is -0.532. The number of aromatic nitrogens is 1. The van der Waals surface area contributed by atoms with E-state index in [1.807, 2.05) is 11.4 Å². The van der Waals surface area contributed by atoms with Gasteiger partial charge < -0.3 is 10.3 Å². The van der Waals surface area contributed by atoms with Crippen LogP contribution in [0.3, 0.4) is 0 Å². The van der Waals surface area contributed by atoms with Gasteiger partial charge in [0.2, 0.25) is 0 Å². The maximum absolute atomic E-state index is 14.2. The molecule has 3 rings (SSSR count). The third-order valence-electron chi connectivity index (χ3n) is 2.77. The zero-order valence-electron chi connectivity index (χ0n) is 9.86. The molecule has 0 spiro atoms. The lowest BCUT2D eigenvalue weighted by atomic mass is 10.0. The Hall–Kier alpha value is -1.12. The Morgan fingerprint density at radius 1 is 1.40 bits per heavy atom. The molecule has 2 N–H and O–H groups in total. The van der Waals surface area contributed by atoms with Crippen LogP contribution in [0.15, 0.2) is 34.2 Å². The van der Waals surface area contributed by atoms with Gasteiger partial charge in [0.25, 0.3) is 0 Å². The quantitative estimate of drug-likeness (QED) is 0.590. The molecule has 0 unspecified atom stereocenters. The number of thiophene rings is 1. The number of nitrogens with two attached hydrogens (primary N) is 1. The van der Waals surface area contributed by atoms with Crippen molar-refractivity contribution >= 4 is 51.3 Å². The third-order valence-corrected chi connectivity index (χ3v) is 4.85. The molecule has 0 fully saturated rings. The summed E-state index contributed by atoms with van der Waals surface area (Å²) in [7, 11) is 0. The SMILES string of the molecule is Nc1noc(-c2csc(I)c2)c1-c1cccc(Cl)c1F. The van der Waals surface area contributed by atoms with Gasteiger partial charge >= 0.3 is 0 Å². The van der Waals surface area contributed by atoms with Gasteiger partial charge in [-0.15, -0.1) is 11.3 Å². The molecule has 2 heterocycles. The van der Waals surface area contributed by atoms with E-state index in [0.717, 1.165) is 8.45 Å². The molecule has 0 bridgehead atoms. The fourth-order valence-electron chi connectivity index (χ4n) is 1.89. The monoisotopic (exact) mass is 420 g/mol. The number of hydrogen-bond donors (Lipinski definition) is 1. The van der Waals surface area contributed by atoms with E-state index in [-0.39, 0.29) is 16.4 Å². The second kappa shape index (κ2) is 5.34. The van der Waals surface area contributed by atoms with Gasteiger partial charge in [0.05, 0.1) is 13.5 Å². The average Bonchev–Trinajstić information content (AvgIpc) is 2.99. The third kappa shape index (κ3) is 2.32. The molecule has 2 aromatic heterocycles. The van der Waals surface area contributed by atoms with Gasteiger partial charge in [0, 0.05) is 16.5 Å². The van der Waals surface area contributed by atoms with Crippen LogP contribution in [-0.2, 0) is 0 Å². The highest BCUT2D eigenvalue weighted by Gasteiger charge is 2.22. The van der Waals surface area contributed by atoms with Crippen LogP contribution in [0.1, 0.15) is 0 Å². The number of benzene rings is 1. The van der Waals surface area contributed by atoms with Gasteiger partial charge in [0.15, 0.2) is 11.6 Å². The van der Waals surface area contributed by atoms with Crippen LogP contribution in [0.4, 0.5) is 10.2 Å². The van der Waals surface area contributed by atoms with Crippen LogP contribution < -0.4 is 5.73 Å². The summed E-state index contributed by atoms with van der Waals surface area (Å²) in [5.74, 6) is 0.0560. The number of hydrogen-bond acceptors (Lipinski definition) is 4. The Kier molecular flexibility index (Phi) is 3.70. The lowest BCUT2D eigenvalue weighted by Gasteiger charge is -2.04. The normalized spacial score (nSPS) is 10.9. The van der Waals surface area contributed by atoms with Crippen LogP contribution in [0.25, 0.3) is 22.5 Å². The molecule has 7 heteroatoms. The second-order valence-electron chi connectivity index (χ2n) is 4.01. The van der Waals surface area contributed by atoms with Crippen LogP contribution in [0, 0.1) is 8.70 Å². The van der Waals surface area contributed by atoms with Crippen LogP contribution in [0.5, 0.6) is 0 Å². The molecule has 102 valence electrons. The second-order valence-corrected chi connectivity index (χ2v) is 7.23. The molecule has 0 amide bonds. The van der Waals surface area contributed by atoms with Gasteiger partial charge in [-0.05, 0) is 34.7 Å². The maximum Gasteiger partial charge on any atom is 0.177 e. The van der Waals surface area contributed by atoms with E-state index in [4.69, 9.17) is 21.9 Å². The molecule has 3 aromatic rings. The zero-order chi connectivity index (χ0) is 14.3. The van der Waals surface area contributed by atoms with Crippen molar-refractivity contribution in [2.24, 2.45) is 0 Å². The predicted molar refractivity (Wildman–Crippen MR) is 87.3 cm³/mol. The summed E-state index contributed by atoms with van der Waals surface area (Å²) in [6, 6.07) is 6.67. The molecule has 0 aliphatic rings. The summed E-state index contributed by atoms with van der Waals surface area (Å²) in [5, 5.41) is 5.69. The number of rotatable bonds is 2. The lowest BCUT2D eigenvalue weighted by Crippen LogP contribution is -1.92. The summed E-state index contributed by atoms with van der Waals surface area (Å²) in [5.41, 5.74) is 7.36. The smallest absolute Gasteiger partial charge is 0.177 e. The number of nitrogen functional groups attached to an aromatic ring is 1. The summed E-state index contributed by atoms with van der Waals surface area (Å²) < 4.78 is 20.5. The van der Waals surface area contributed by atoms with Gasteiger partial charge in [-0.25, -0.2) is 4.39 Å². The largest absolute Gasteiger partial charge is 0.380 e. The molecule has 0 saturated carbocycles. The van der Waals surface area contributed by atoms with Crippen molar-refractivity contribution < 1.29 is 8.91 Å². The molecule has 0 saturated heterocycles. The Bertz CT molecular complexity index is 787. The Labute approximate surface area is 136 Å². The molecule has 0 atom stereocenters. The van der Waals surface area contributed by atoms with E-state index >= 15 is 0 Å². The highest BCUT2D eigenvalue weighted by molar-refractivity contribution is 14.1. The van der Waals surface area contributed by atoms with E-state index in [1.165, 1.54) is 6.07 Å². The van der Waals surface area contributed by atoms with Gasteiger partial charge in [-0.3, -0.25) is 0 Å². The summed E-state index contributed by atoms with van der Waals surface area (Å²) in [6.45, 7) is 0. The standard InChI is InChI=1S/C13H7ClFIN2OS/c14-8-3-1-2-7(11(8)15)10-12(19-18-13(10)17)6-4-9(16)20-5-6/h1-5H,(H2,17,18). The Morgan fingerprint density at radius 2 is 2.20 bits per heavy atom. The summed E-state index contributed by atoms with van der Waals surface area (Å²) in [6.07, 6.45) is 0. The molecule has 0 aliphatic carbocycles. The fourth-order valence-corrected chi connectivity index (χ4v) is 3.39. The molecule has 3 nitrogen and oxygen atoms in total.